The summed E-state index contributed by atoms with van der Waals surface area (Å²) in [5, 5.41) is 30.5. The topological polar surface area (TPSA) is 258 Å². The molecule has 13 rings (SSSR count). The number of aromatic nitrogens is 12. The van der Waals surface area contributed by atoms with Crippen molar-refractivity contribution in [1.82, 2.24) is 79.0 Å². The summed E-state index contributed by atoms with van der Waals surface area (Å²) in [6.07, 6.45) is 8.12. The Morgan fingerprint density at radius 3 is 1.56 bits per heavy atom. The molecule has 5 saturated heterocycles. The number of H-pyrrole nitrogens is 2. The van der Waals surface area contributed by atoms with Crippen LogP contribution in [0.5, 0.6) is 0 Å². The first-order chi connectivity index (χ1) is 42.7. The van der Waals surface area contributed by atoms with Crippen molar-refractivity contribution in [1.29, 1.82) is 10.5 Å². The molecular weight excluding hydrogens is 1210 g/mol. The number of amides is 2. The van der Waals surface area contributed by atoms with Crippen molar-refractivity contribution >= 4 is 58.1 Å². The van der Waals surface area contributed by atoms with Crippen LogP contribution in [0.1, 0.15) is 98.3 Å². The highest BCUT2D eigenvalue weighted by Gasteiger charge is 2.54. The summed E-state index contributed by atoms with van der Waals surface area (Å²) in [7, 11) is -0.562. The van der Waals surface area contributed by atoms with E-state index in [9.17, 15) is 55.2 Å². The molecule has 0 atom stereocenters. The summed E-state index contributed by atoms with van der Waals surface area (Å²) in [6.45, 7) is 11.3. The Bertz CT molecular complexity index is 4020. The Morgan fingerprint density at radius 2 is 1.09 bits per heavy atom. The molecule has 2 amide bonds. The van der Waals surface area contributed by atoms with Crippen LogP contribution in [0.3, 0.4) is 0 Å². The van der Waals surface area contributed by atoms with E-state index in [2.05, 4.69) is 72.0 Å². The number of hydrogen-bond acceptors (Lipinski definition) is 16. The molecule has 0 aliphatic carbocycles. The van der Waals surface area contributed by atoms with Crippen molar-refractivity contribution in [3.63, 3.8) is 0 Å². The zero-order valence-corrected chi connectivity index (χ0v) is 49.7. The number of pyridine rings is 2. The van der Waals surface area contributed by atoms with E-state index < -0.39 is 87.7 Å². The number of likely N-dealkylation sites (tertiary alicyclic amines) is 4. The van der Waals surface area contributed by atoms with Gasteiger partial charge in [-0.15, -0.1) is 0 Å². The minimum absolute atomic E-state index is 0.111. The Hall–Kier alpha value is -8.49. The molecule has 5 fully saturated rings. The summed E-state index contributed by atoms with van der Waals surface area (Å²) in [6, 6.07) is 10.5. The van der Waals surface area contributed by atoms with E-state index >= 15 is 0 Å². The van der Waals surface area contributed by atoms with Gasteiger partial charge in [-0.25, -0.2) is 38.7 Å². The van der Waals surface area contributed by atoms with Crippen molar-refractivity contribution in [2.45, 2.75) is 113 Å². The Kier molecular flexibility index (Phi) is 17.1. The van der Waals surface area contributed by atoms with E-state index in [1.807, 2.05) is 61.6 Å². The lowest BCUT2D eigenvalue weighted by atomic mass is 9.81. The predicted octanol–water partition coefficient (Wildman–Crippen LogP) is 8.18. The number of hydrogen-bond donors (Lipinski definition) is 2. The number of nitriles is 2. The number of alkyl halides is 6. The zero-order chi connectivity index (χ0) is 64.1. The van der Waals surface area contributed by atoms with Crippen molar-refractivity contribution < 1.29 is 54.0 Å². The first kappa shape index (κ1) is 63.1. The molecule has 5 aliphatic heterocycles. The quantitative estimate of drug-likeness (QED) is 0.0743. The van der Waals surface area contributed by atoms with Crippen LogP contribution in [0.15, 0.2) is 86.5 Å². The largest absolute Gasteiger partial charge is 0.498 e. The number of piperidine rings is 2. The van der Waals surface area contributed by atoms with Gasteiger partial charge in [0.05, 0.1) is 64.6 Å². The maximum Gasteiger partial charge on any atom is 0.498 e. The second-order valence-corrected chi connectivity index (χ2v) is 24.2. The van der Waals surface area contributed by atoms with Gasteiger partial charge < -0.3 is 29.1 Å². The number of rotatable bonds is 10. The molecule has 22 nitrogen and oxygen atoms in total. The molecule has 32 heteroatoms. The smallest absolute Gasteiger partial charge is 0.399 e. The number of halogens is 9. The van der Waals surface area contributed by atoms with Gasteiger partial charge in [0.15, 0.2) is 23.0 Å². The molecular formula is C58H58BClF8N18O4. The van der Waals surface area contributed by atoms with Crippen molar-refractivity contribution in [2.24, 2.45) is 0 Å². The average molecular weight is 1270 g/mol. The lowest BCUT2D eigenvalue weighted by Gasteiger charge is -2.53. The van der Waals surface area contributed by atoms with E-state index in [0.717, 1.165) is 63.3 Å². The van der Waals surface area contributed by atoms with Crippen LogP contribution >= 0.6 is 11.6 Å². The number of carbonyl (C=O) groups excluding carboxylic acids is 2. The highest BCUT2D eigenvalue weighted by molar-refractivity contribution is 6.62. The lowest BCUT2D eigenvalue weighted by Crippen LogP contribution is -2.66. The van der Waals surface area contributed by atoms with E-state index in [1.54, 1.807) is 24.8 Å². The van der Waals surface area contributed by atoms with E-state index in [0.29, 0.717) is 57.0 Å². The van der Waals surface area contributed by atoms with Crippen LogP contribution in [-0.2, 0) is 32.7 Å². The molecule has 0 aromatic carbocycles. The fraction of sp³-hybridized carbons (Fsp3) is 0.448. The van der Waals surface area contributed by atoms with Gasteiger partial charge in [-0.2, -0.15) is 47.1 Å². The van der Waals surface area contributed by atoms with E-state index in [-0.39, 0.29) is 51.1 Å². The van der Waals surface area contributed by atoms with E-state index in [4.69, 9.17) is 20.9 Å². The Morgan fingerprint density at radius 1 is 0.644 bits per heavy atom. The average Bonchev–Trinajstić information content (AvgIpc) is 1.34. The third-order valence-electron chi connectivity index (χ3n) is 17.7. The van der Waals surface area contributed by atoms with Gasteiger partial charge >= 0.3 is 19.5 Å². The monoisotopic (exact) mass is 1270 g/mol. The summed E-state index contributed by atoms with van der Waals surface area (Å²) >= 11 is 5.73. The molecule has 8 aromatic rings. The molecule has 470 valence electrons. The number of carbonyl (C=O) groups is 2. The third kappa shape index (κ3) is 12.2. The summed E-state index contributed by atoms with van der Waals surface area (Å²) in [4.78, 5) is 61.4. The highest BCUT2D eigenvalue weighted by atomic mass is 35.5. The van der Waals surface area contributed by atoms with Crippen LogP contribution in [-0.4, -0.2) is 174 Å². The van der Waals surface area contributed by atoms with Crippen molar-refractivity contribution in [3.05, 3.63) is 126 Å². The van der Waals surface area contributed by atoms with E-state index in [1.165, 1.54) is 22.5 Å². The second-order valence-electron chi connectivity index (χ2n) is 23.9. The highest BCUT2D eigenvalue weighted by Crippen LogP contribution is 2.41. The SMILES string of the molecule is CC1(C)OB(c2cnn(C3(CC#N)CN(C4CCN(C(=O)c5ccnc(C(F)(F)F)c5F)CC4)C3)c2)OC1(C)C.Clc1ncnc2[nH]ccc12.N#CCC1(n2cc(-c3ncnc4[nH]ccc34)cn2)CN(C2CCN(C(=O)c3ccnc(C(F)(F)F)c3F)CC2)C1. The van der Waals surface area contributed by atoms with Crippen molar-refractivity contribution in [3.8, 4) is 23.4 Å². The summed E-state index contributed by atoms with van der Waals surface area (Å²) < 4.78 is 123. The molecule has 0 bridgehead atoms. The van der Waals surface area contributed by atoms with Crippen molar-refractivity contribution in [2.75, 3.05) is 52.4 Å². The standard InChI is InChI=1S/C26H31BF4N6O3.C26H23F4N9O.C6H4ClN3/c1-23(2)24(3,4)40-27(39-23)17-13-34-37(14-17)25(8-9-32)15-36(16-25)18-6-11-35(12-7-18)22(38)19-5-10-33-21(20(19)28)26(29,30)31;27-20-18(1-7-32-22(20)26(28,29)30)24(40)37-9-3-17(4-10-37)38-13-25(14-38,5-6-31)39-12-16(11-36-39)21-19-2-8-33-23(19)35-15-34-21;7-5-4-1-2-8-6(4)10-3-9-5/h5,10,13-14,18H,6-8,11-12,15-16H2,1-4H3;1-2,7-8,11-12,15,17H,3-5,9-10,13-14H2,(H,33,34,35);1-3H,(H,8,9,10). The molecule has 5 aliphatic rings. The van der Waals surface area contributed by atoms with Gasteiger partial charge in [-0.1, -0.05) is 11.6 Å². The first-order valence-corrected chi connectivity index (χ1v) is 29.0. The van der Waals surface area contributed by atoms with Gasteiger partial charge in [0, 0.05) is 124 Å². The number of aromatic amines is 2. The van der Waals surface area contributed by atoms with Gasteiger partial charge in [0.2, 0.25) is 0 Å². The first-order valence-electron chi connectivity index (χ1n) is 28.7. The van der Waals surface area contributed by atoms with Crippen LogP contribution in [0, 0.1) is 34.3 Å². The zero-order valence-electron chi connectivity index (χ0n) is 48.9. The Labute approximate surface area is 514 Å². The van der Waals surface area contributed by atoms with Gasteiger partial charge in [-0.05, 0) is 77.6 Å². The lowest BCUT2D eigenvalue weighted by molar-refractivity contribution is -0.144. The fourth-order valence-electron chi connectivity index (χ4n) is 12.1. The second kappa shape index (κ2) is 24.4. The maximum atomic E-state index is 14.5. The third-order valence-corrected chi connectivity index (χ3v) is 18.0. The summed E-state index contributed by atoms with van der Waals surface area (Å²) in [5.41, 5.74) is -2.83. The van der Waals surface area contributed by atoms with Crippen LogP contribution in [0.2, 0.25) is 5.15 Å². The number of nitrogens with zero attached hydrogens (tertiary/aromatic N) is 16. The molecule has 90 heavy (non-hydrogen) atoms. The van der Waals surface area contributed by atoms with Crippen LogP contribution in [0.4, 0.5) is 35.1 Å². The molecule has 0 spiro atoms. The Balaban J connectivity index is 0.000000160. The van der Waals surface area contributed by atoms with Crippen LogP contribution in [0.25, 0.3) is 33.3 Å². The molecule has 0 saturated carbocycles. The summed E-state index contributed by atoms with van der Waals surface area (Å²) in [5.74, 6) is -4.86. The maximum absolute atomic E-state index is 14.5. The number of fused-ring (bicyclic) bond motifs is 2. The fourth-order valence-corrected chi connectivity index (χ4v) is 12.3. The predicted molar refractivity (Wildman–Crippen MR) is 308 cm³/mol. The minimum Gasteiger partial charge on any atom is -0.399 e. The normalized spacial score (nSPS) is 19.3. The molecule has 0 unspecified atom stereocenters. The molecule has 0 radical (unpaired) electrons. The minimum atomic E-state index is -4.99. The molecule has 13 heterocycles. The molecule has 2 N–H and O–H groups in total. The number of nitrogens with one attached hydrogen (secondary N) is 2. The van der Waals surface area contributed by atoms with Gasteiger partial charge in [0.25, 0.3) is 11.8 Å². The van der Waals surface area contributed by atoms with Gasteiger partial charge in [-0.3, -0.25) is 28.8 Å². The molecule has 8 aromatic heterocycles. The van der Waals surface area contributed by atoms with Gasteiger partial charge in [0.1, 0.15) is 40.2 Å². The van der Waals surface area contributed by atoms with Crippen LogP contribution < -0.4 is 5.46 Å².